The summed E-state index contributed by atoms with van der Waals surface area (Å²) in [5.41, 5.74) is 11.8. The first-order chi connectivity index (χ1) is 28.6. The van der Waals surface area contributed by atoms with Crippen LogP contribution in [0.3, 0.4) is 0 Å². The van der Waals surface area contributed by atoms with Gasteiger partial charge < -0.3 is 30.2 Å². The number of carbonyl (C=O) groups excluding carboxylic acids is 5. The summed E-state index contributed by atoms with van der Waals surface area (Å²) in [4.78, 5) is 82.9. The van der Waals surface area contributed by atoms with Crippen molar-refractivity contribution in [1.29, 1.82) is 0 Å². The summed E-state index contributed by atoms with van der Waals surface area (Å²) in [6, 6.07) is 15.1. The molecule has 0 spiro atoms. The van der Waals surface area contributed by atoms with Gasteiger partial charge in [-0.3, -0.25) is 24.5 Å². The Kier molecular flexibility index (Phi) is 10.8. The van der Waals surface area contributed by atoms with Crippen LogP contribution < -0.4 is 20.9 Å². The summed E-state index contributed by atoms with van der Waals surface area (Å²) < 4.78 is 0. The van der Waals surface area contributed by atoms with Crippen LogP contribution in [-0.2, 0) is 22.4 Å². The molecule has 5 saturated heterocycles. The van der Waals surface area contributed by atoms with Crippen molar-refractivity contribution < 1.29 is 24.0 Å². The van der Waals surface area contributed by atoms with Gasteiger partial charge in [0, 0.05) is 88.8 Å². The second kappa shape index (κ2) is 16.4. The Morgan fingerprint density at radius 3 is 2.42 bits per heavy atom. The number of urea groups is 1. The molecule has 6 heterocycles. The number of amides is 5. The second-order valence-electron chi connectivity index (χ2n) is 17.7. The Balaban J connectivity index is 0.764. The fourth-order valence-electron chi connectivity index (χ4n) is 10.6. The lowest BCUT2D eigenvalue weighted by Crippen LogP contribution is -2.49. The number of likely N-dealkylation sites (N-methyl/N-ethyl adjacent to an activating group) is 1. The van der Waals surface area contributed by atoms with Gasteiger partial charge in [0.1, 0.15) is 11.5 Å². The highest BCUT2D eigenvalue weighted by atomic mass is 16.2. The zero-order valence-electron chi connectivity index (χ0n) is 34.0. The SMILES string of the molecule is CN1CCN(C2CCCN(c3cnc(C(N)=O)c(Cc4ccc(C5CCN(CC6CCN(c7ccc8c(c7)CC(C7CCC(=O)NC7=O)C8=O)C6)CC5)cc4)n3)C2)C1=O. The molecule has 14 heteroatoms. The van der Waals surface area contributed by atoms with Gasteiger partial charge in [0.2, 0.25) is 11.8 Å². The summed E-state index contributed by atoms with van der Waals surface area (Å²) >= 11 is 0. The maximum atomic E-state index is 13.3. The van der Waals surface area contributed by atoms with Crippen molar-refractivity contribution >= 4 is 41.0 Å². The first kappa shape index (κ1) is 39.1. The van der Waals surface area contributed by atoms with Crippen molar-refractivity contribution in [2.45, 2.75) is 69.7 Å². The molecule has 0 radical (unpaired) electrons. The van der Waals surface area contributed by atoms with E-state index in [0.29, 0.717) is 55.6 Å². The van der Waals surface area contributed by atoms with E-state index in [-0.39, 0.29) is 41.3 Å². The monoisotopic (exact) mass is 801 g/mol. The minimum atomic E-state index is -0.586. The molecule has 9 rings (SSSR count). The lowest BCUT2D eigenvalue weighted by molar-refractivity contribution is -0.137. The second-order valence-corrected chi connectivity index (χ2v) is 17.7. The van der Waals surface area contributed by atoms with Gasteiger partial charge in [-0.05, 0) is 105 Å². The standard InChI is InChI=1S/C45H55N9O5/c1-50-19-20-54(45(50)59)34-3-2-15-53(27-34)39-24-47-41(43(46)57)38(48-39)21-28-4-6-30(7-5-28)31-13-16-51(17-14-31)25-29-12-18-52(26-29)33-8-9-35-32(22-33)23-37(42(35)56)36-10-11-40(55)49-44(36)58/h4-9,22,24,29,31,34,36-37H,2-3,10-21,23,25-27H2,1H3,(H2,46,57)(H,49,55,58). The van der Waals surface area contributed by atoms with Crippen molar-refractivity contribution in [3.05, 3.63) is 82.3 Å². The molecule has 3 aromatic rings. The van der Waals surface area contributed by atoms with Crippen LogP contribution in [0.15, 0.2) is 48.7 Å². The van der Waals surface area contributed by atoms with Gasteiger partial charge >= 0.3 is 6.03 Å². The van der Waals surface area contributed by atoms with Crippen LogP contribution in [-0.4, -0.2) is 126 Å². The maximum Gasteiger partial charge on any atom is 0.320 e. The number of nitrogens with one attached hydrogen (secondary N) is 1. The molecule has 1 aromatic heterocycles. The number of benzene rings is 2. The predicted molar refractivity (Wildman–Crippen MR) is 222 cm³/mol. The van der Waals surface area contributed by atoms with E-state index in [0.717, 1.165) is 107 Å². The zero-order chi connectivity index (χ0) is 40.8. The summed E-state index contributed by atoms with van der Waals surface area (Å²) in [6.07, 6.45) is 8.65. The van der Waals surface area contributed by atoms with Crippen molar-refractivity contribution in [2.24, 2.45) is 23.5 Å². The molecule has 0 bridgehead atoms. The Morgan fingerprint density at radius 1 is 0.864 bits per heavy atom. The smallest absolute Gasteiger partial charge is 0.320 e. The number of anilines is 2. The number of nitrogens with two attached hydrogens (primary N) is 1. The minimum Gasteiger partial charge on any atom is -0.371 e. The van der Waals surface area contributed by atoms with Gasteiger partial charge in [0.25, 0.3) is 5.91 Å². The molecule has 14 nitrogen and oxygen atoms in total. The zero-order valence-corrected chi connectivity index (χ0v) is 34.0. The molecule has 4 unspecified atom stereocenters. The fraction of sp³-hybridized carbons (Fsp3) is 0.533. The number of imide groups is 1. The highest BCUT2D eigenvalue weighted by Gasteiger charge is 2.42. The van der Waals surface area contributed by atoms with E-state index in [4.69, 9.17) is 10.7 Å². The molecule has 3 N–H and O–H groups in total. The molecule has 0 saturated carbocycles. The van der Waals surface area contributed by atoms with Gasteiger partial charge in [-0.25, -0.2) is 14.8 Å². The number of aromatic nitrogens is 2. The number of nitrogens with zero attached hydrogens (tertiary/aromatic N) is 7. The van der Waals surface area contributed by atoms with Gasteiger partial charge in [0.05, 0.1) is 17.9 Å². The molecule has 310 valence electrons. The number of hydrogen-bond acceptors (Lipinski definition) is 10. The van der Waals surface area contributed by atoms with Crippen molar-refractivity contribution in [1.82, 2.24) is 30.0 Å². The van der Waals surface area contributed by atoms with E-state index in [1.165, 1.54) is 5.56 Å². The molecule has 5 aliphatic heterocycles. The molecule has 5 fully saturated rings. The largest absolute Gasteiger partial charge is 0.371 e. The Morgan fingerprint density at radius 2 is 1.68 bits per heavy atom. The van der Waals surface area contributed by atoms with E-state index >= 15 is 0 Å². The number of piperidine rings is 3. The summed E-state index contributed by atoms with van der Waals surface area (Å²) in [6.45, 7) is 8.19. The summed E-state index contributed by atoms with van der Waals surface area (Å²) in [5, 5.41) is 2.42. The number of rotatable bonds is 10. The van der Waals surface area contributed by atoms with E-state index in [2.05, 4.69) is 61.4 Å². The third-order valence-electron chi connectivity index (χ3n) is 14.0. The molecular formula is C45H55N9O5. The number of Topliss-reactive ketones (excluding diaryl/α,β-unsaturated/α-hetero) is 1. The maximum absolute atomic E-state index is 13.3. The van der Waals surface area contributed by atoms with Crippen LogP contribution in [0.1, 0.15) is 94.1 Å². The number of hydrogen-bond donors (Lipinski definition) is 2. The normalized spacial score (nSPS) is 25.6. The van der Waals surface area contributed by atoms with Crippen LogP contribution in [0.2, 0.25) is 0 Å². The summed E-state index contributed by atoms with van der Waals surface area (Å²) in [5.74, 6) is -0.141. The lowest BCUT2D eigenvalue weighted by atomic mass is 9.83. The minimum absolute atomic E-state index is 0.0311. The van der Waals surface area contributed by atoms with Gasteiger partial charge in [-0.2, -0.15) is 0 Å². The molecule has 59 heavy (non-hydrogen) atoms. The van der Waals surface area contributed by atoms with Gasteiger partial charge in [-0.15, -0.1) is 0 Å². The van der Waals surface area contributed by atoms with Crippen molar-refractivity contribution in [3.8, 4) is 0 Å². The highest BCUT2D eigenvalue weighted by molar-refractivity contribution is 6.07. The lowest BCUT2D eigenvalue weighted by Gasteiger charge is -2.37. The number of likely N-dealkylation sites (tertiary alicyclic amines) is 1. The van der Waals surface area contributed by atoms with Crippen molar-refractivity contribution in [3.63, 3.8) is 0 Å². The number of ketones is 1. The van der Waals surface area contributed by atoms with E-state index in [9.17, 15) is 24.0 Å². The molecule has 1 aliphatic carbocycles. The Hall–Kier alpha value is -5.37. The van der Waals surface area contributed by atoms with Gasteiger partial charge in [0.15, 0.2) is 5.78 Å². The molecule has 5 amide bonds. The van der Waals surface area contributed by atoms with Crippen LogP contribution in [0, 0.1) is 17.8 Å². The number of fused-ring (bicyclic) bond motifs is 1. The summed E-state index contributed by atoms with van der Waals surface area (Å²) in [7, 11) is 1.85. The predicted octanol–water partition coefficient (Wildman–Crippen LogP) is 3.62. The van der Waals surface area contributed by atoms with Crippen LogP contribution in [0.4, 0.5) is 16.3 Å². The third-order valence-corrected chi connectivity index (χ3v) is 14.0. The Bertz CT molecular complexity index is 2140. The number of primary amides is 1. The van der Waals surface area contributed by atoms with Gasteiger partial charge in [-0.1, -0.05) is 24.3 Å². The van der Waals surface area contributed by atoms with E-state index in [1.807, 2.05) is 18.0 Å². The molecular weight excluding hydrogens is 747 g/mol. The average Bonchev–Trinajstić information content (AvgIpc) is 3.94. The highest BCUT2D eigenvalue weighted by Crippen LogP contribution is 2.38. The average molecular weight is 802 g/mol. The van der Waals surface area contributed by atoms with Crippen molar-refractivity contribution in [2.75, 3.05) is 75.8 Å². The Labute approximate surface area is 345 Å². The molecule has 6 aliphatic rings. The number of carbonyl (C=O) groups is 5. The van der Waals surface area contributed by atoms with Crippen LogP contribution >= 0.6 is 0 Å². The van der Waals surface area contributed by atoms with E-state index < -0.39 is 11.8 Å². The third kappa shape index (κ3) is 8.03. The molecule has 2 aromatic carbocycles. The first-order valence-electron chi connectivity index (χ1n) is 21.6. The van der Waals surface area contributed by atoms with Crippen LogP contribution in [0.5, 0.6) is 0 Å². The topological polar surface area (TPSA) is 165 Å². The molecule has 4 atom stereocenters. The fourth-order valence-corrected chi connectivity index (χ4v) is 10.6. The van der Waals surface area contributed by atoms with E-state index in [1.54, 1.807) is 11.1 Å². The first-order valence-corrected chi connectivity index (χ1v) is 21.6. The van der Waals surface area contributed by atoms with Crippen LogP contribution in [0.25, 0.3) is 0 Å². The quantitative estimate of drug-likeness (QED) is 0.290.